The van der Waals surface area contributed by atoms with Gasteiger partial charge in [0.1, 0.15) is 0 Å². The fraction of sp³-hybridized carbons (Fsp3) is 0.200. The van der Waals surface area contributed by atoms with E-state index in [1.807, 2.05) is 30.3 Å². The molecule has 1 unspecified atom stereocenters. The zero-order chi connectivity index (χ0) is 14.6. The molecule has 0 aliphatic heterocycles. The Morgan fingerprint density at radius 1 is 0.950 bits per heavy atom. The van der Waals surface area contributed by atoms with E-state index >= 15 is 0 Å². The minimum Gasteiger partial charge on any atom is -0.383 e. The molecule has 5 heteroatoms. The highest BCUT2D eigenvalue weighted by molar-refractivity contribution is 6.21. The lowest BCUT2D eigenvalue weighted by Crippen LogP contribution is -2.13. The van der Waals surface area contributed by atoms with Crippen molar-refractivity contribution in [1.29, 1.82) is 0 Å². The van der Waals surface area contributed by atoms with E-state index in [0.29, 0.717) is 0 Å². The van der Waals surface area contributed by atoms with Crippen LogP contribution in [0.1, 0.15) is 16.5 Å². The molecule has 20 heavy (non-hydrogen) atoms. The van der Waals surface area contributed by atoms with Gasteiger partial charge in [0.2, 0.25) is 0 Å². The van der Waals surface area contributed by atoms with Crippen molar-refractivity contribution in [2.45, 2.75) is 11.6 Å². The van der Waals surface area contributed by atoms with Crippen molar-refractivity contribution in [3.8, 4) is 0 Å². The lowest BCUT2D eigenvalue weighted by Gasteiger charge is -2.16. The van der Waals surface area contributed by atoms with Crippen molar-refractivity contribution in [3.05, 3.63) is 65.7 Å². The molecular formula is C15H13ClF3N. The van der Waals surface area contributed by atoms with Crippen molar-refractivity contribution in [2.75, 3.05) is 11.9 Å². The minimum absolute atomic E-state index is 0.0431. The van der Waals surface area contributed by atoms with Crippen LogP contribution in [0.25, 0.3) is 0 Å². The third-order valence-corrected chi connectivity index (χ3v) is 3.27. The molecule has 0 aromatic heterocycles. The third-order valence-electron chi connectivity index (χ3n) is 2.87. The molecule has 0 saturated heterocycles. The van der Waals surface area contributed by atoms with Gasteiger partial charge in [0.15, 0.2) is 0 Å². The normalized spacial score (nSPS) is 13.0. The second-order valence-corrected chi connectivity index (χ2v) is 4.83. The standard InChI is InChI=1S/C15H13ClF3N/c16-13(11-6-2-1-3-7-11)10-20-14-9-5-4-8-12(14)15(17,18)19/h1-9,13,20H,10H2. The first-order chi connectivity index (χ1) is 9.48. The zero-order valence-electron chi connectivity index (χ0n) is 10.5. The van der Waals surface area contributed by atoms with Crippen LogP contribution in [-0.2, 0) is 6.18 Å². The second kappa shape index (κ2) is 6.18. The lowest BCUT2D eigenvalue weighted by atomic mass is 10.1. The van der Waals surface area contributed by atoms with Crippen LogP contribution >= 0.6 is 11.6 Å². The molecule has 0 radical (unpaired) electrons. The van der Waals surface area contributed by atoms with E-state index in [2.05, 4.69) is 5.32 Å². The van der Waals surface area contributed by atoms with E-state index < -0.39 is 17.1 Å². The number of hydrogen-bond donors (Lipinski definition) is 1. The molecule has 1 N–H and O–H groups in total. The molecule has 2 aromatic rings. The number of hydrogen-bond acceptors (Lipinski definition) is 1. The van der Waals surface area contributed by atoms with Crippen LogP contribution in [0.2, 0.25) is 0 Å². The van der Waals surface area contributed by atoms with E-state index in [4.69, 9.17) is 11.6 Å². The first-order valence-electron chi connectivity index (χ1n) is 6.07. The number of benzene rings is 2. The maximum atomic E-state index is 12.8. The van der Waals surface area contributed by atoms with Crippen LogP contribution in [0.5, 0.6) is 0 Å². The van der Waals surface area contributed by atoms with Gasteiger partial charge in [-0.2, -0.15) is 13.2 Å². The third kappa shape index (κ3) is 3.67. The maximum absolute atomic E-state index is 12.8. The second-order valence-electron chi connectivity index (χ2n) is 4.30. The number of alkyl halides is 4. The van der Waals surface area contributed by atoms with Gasteiger partial charge in [0, 0.05) is 12.2 Å². The summed E-state index contributed by atoms with van der Waals surface area (Å²) in [5.41, 5.74) is 0.227. The van der Waals surface area contributed by atoms with Crippen molar-refractivity contribution in [1.82, 2.24) is 0 Å². The largest absolute Gasteiger partial charge is 0.418 e. The van der Waals surface area contributed by atoms with E-state index in [-0.39, 0.29) is 12.2 Å². The summed E-state index contributed by atoms with van der Waals surface area (Å²) in [4.78, 5) is 0. The molecule has 2 aromatic carbocycles. The predicted octanol–water partition coefficient (Wildman–Crippen LogP) is 5.10. The van der Waals surface area contributed by atoms with Gasteiger partial charge in [-0.15, -0.1) is 11.6 Å². The molecule has 0 aliphatic carbocycles. The molecular weight excluding hydrogens is 287 g/mol. The Morgan fingerprint density at radius 3 is 2.20 bits per heavy atom. The van der Waals surface area contributed by atoms with Gasteiger partial charge in [0.25, 0.3) is 0 Å². The summed E-state index contributed by atoms with van der Waals surface area (Å²) in [5.74, 6) is 0. The van der Waals surface area contributed by atoms with E-state index in [0.717, 1.165) is 11.6 Å². The maximum Gasteiger partial charge on any atom is 0.418 e. The number of nitrogens with one attached hydrogen (secondary N) is 1. The summed E-state index contributed by atoms with van der Waals surface area (Å²) in [6.45, 7) is 0.221. The van der Waals surface area contributed by atoms with Crippen molar-refractivity contribution >= 4 is 17.3 Å². The van der Waals surface area contributed by atoms with Crippen molar-refractivity contribution < 1.29 is 13.2 Å². The monoisotopic (exact) mass is 299 g/mol. The van der Waals surface area contributed by atoms with Crippen molar-refractivity contribution in [2.24, 2.45) is 0 Å². The fourth-order valence-corrected chi connectivity index (χ4v) is 2.09. The van der Waals surface area contributed by atoms with Crippen LogP contribution < -0.4 is 5.32 Å². The molecule has 0 spiro atoms. The Morgan fingerprint density at radius 2 is 1.55 bits per heavy atom. The van der Waals surface area contributed by atoms with Gasteiger partial charge in [-0.25, -0.2) is 0 Å². The van der Waals surface area contributed by atoms with Crippen LogP contribution in [0.15, 0.2) is 54.6 Å². The molecule has 0 bridgehead atoms. The molecule has 0 fully saturated rings. The fourth-order valence-electron chi connectivity index (χ4n) is 1.86. The first kappa shape index (κ1) is 14.7. The predicted molar refractivity (Wildman–Crippen MR) is 75.0 cm³/mol. The summed E-state index contributed by atoms with van der Waals surface area (Å²) < 4.78 is 38.5. The Hall–Kier alpha value is -1.68. The van der Waals surface area contributed by atoms with Gasteiger partial charge < -0.3 is 5.32 Å². The summed E-state index contributed by atoms with van der Waals surface area (Å²) >= 11 is 6.18. The molecule has 0 amide bonds. The Kier molecular flexibility index (Phi) is 4.55. The topological polar surface area (TPSA) is 12.0 Å². The van der Waals surface area contributed by atoms with Gasteiger partial charge in [0.05, 0.1) is 10.9 Å². The van der Waals surface area contributed by atoms with Gasteiger partial charge in [-0.3, -0.25) is 0 Å². The van der Waals surface area contributed by atoms with E-state index in [1.54, 1.807) is 6.07 Å². The SMILES string of the molecule is FC(F)(F)c1ccccc1NCC(Cl)c1ccccc1. The summed E-state index contributed by atoms with van der Waals surface area (Å²) in [7, 11) is 0. The molecule has 0 aliphatic rings. The summed E-state index contributed by atoms with van der Waals surface area (Å²) in [5, 5.41) is 2.37. The van der Waals surface area contributed by atoms with E-state index in [9.17, 15) is 13.2 Å². The Balaban J connectivity index is 2.08. The average Bonchev–Trinajstić information content (AvgIpc) is 2.45. The molecule has 0 saturated carbocycles. The summed E-state index contributed by atoms with van der Waals surface area (Å²) in [6, 6.07) is 14.6. The molecule has 1 atom stereocenters. The van der Waals surface area contributed by atoms with Gasteiger partial charge >= 0.3 is 6.18 Å². The number of anilines is 1. The van der Waals surface area contributed by atoms with Crippen LogP contribution in [0, 0.1) is 0 Å². The quantitative estimate of drug-likeness (QED) is 0.775. The van der Waals surface area contributed by atoms with Crippen LogP contribution in [0.3, 0.4) is 0 Å². The molecule has 106 valence electrons. The molecule has 2 rings (SSSR count). The molecule has 0 heterocycles. The molecule has 1 nitrogen and oxygen atoms in total. The van der Waals surface area contributed by atoms with Crippen molar-refractivity contribution in [3.63, 3.8) is 0 Å². The minimum atomic E-state index is -4.38. The van der Waals surface area contributed by atoms with Crippen LogP contribution in [-0.4, -0.2) is 6.54 Å². The van der Waals surface area contributed by atoms with E-state index in [1.165, 1.54) is 12.1 Å². The smallest absolute Gasteiger partial charge is 0.383 e. The number of rotatable bonds is 4. The lowest BCUT2D eigenvalue weighted by molar-refractivity contribution is -0.136. The highest BCUT2D eigenvalue weighted by atomic mass is 35.5. The van der Waals surface area contributed by atoms with Crippen LogP contribution in [0.4, 0.5) is 18.9 Å². The van der Waals surface area contributed by atoms with Gasteiger partial charge in [-0.05, 0) is 17.7 Å². The highest BCUT2D eigenvalue weighted by Crippen LogP contribution is 2.35. The highest BCUT2D eigenvalue weighted by Gasteiger charge is 2.33. The number of halogens is 4. The summed E-state index contributed by atoms with van der Waals surface area (Å²) in [6.07, 6.45) is -4.38. The Bertz CT molecular complexity index is 555. The first-order valence-corrected chi connectivity index (χ1v) is 6.51. The van der Waals surface area contributed by atoms with Gasteiger partial charge in [-0.1, -0.05) is 42.5 Å². The number of para-hydroxylation sites is 1. The Labute approximate surface area is 120 Å². The average molecular weight is 300 g/mol. The zero-order valence-corrected chi connectivity index (χ0v) is 11.2.